The number of hydrogen-bond donors (Lipinski definition) is 2. The number of hydrogen-bond acceptors (Lipinski definition) is 7. The monoisotopic (exact) mass is 567 g/mol. The maximum Gasteiger partial charge on any atom is 0.343 e. The summed E-state index contributed by atoms with van der Waals surface area (Å²) in [4.78, 5) is 41.4. The van der Waals surface area contributed by atoms with E-state index in [-0.39, 0.29) is 29.2 Å². The number of carboxylic acids is 1. The van der Waals surface area contributed by atoms with Gasteiger partial charge in [0.05, 0.1) is 11.5 Å². The fourth-order valence-corrected chi connectivity index (χ4v) is 3.70. The first-order chi connectivity index (χ1) is 17.5. The van der Waals surface area contributed by atoms with E-state index in [4.69, 9.17) is 9.47 Å². The lowest BCUT2D eigenvalue weighted by Crippen LogP contribution is -2.21. The number of ether oxygens (including phenoxy) is 2. The molecule has 0 aliphatic heterocycles. The predicted octanol–water partition coefficient (Wildman–Crippen LogP) is 5.36. The highest BCUT2D eigenvalue weighted by Gasteiger charge is 2.22. The molecular formula is C28H26BrNO7. The topological polar surface area (TPSA) is 122 Å². The van der Waals surface area contributed by atoms with Crippen LogP contribution in [0.25, 0.3) is 0 Å². The van der Waals surface area contributed by atoms with Gasteiger partial charge in [-0.05, 0) is 48.9 Å². The van der Waals surface area contributed by atoms with E-state index in [0.717, 1.165) is 5.56 Å². The molecular weight excluding hydrogens is 542 g/mol. The van der Waals surface area contributed by atoms with Crippen LogP contribution in [0, 0.1) is 12.8 Å². The third-order valence-corrected chi connectivity index (χ3v) is 5.68. The number of nitrogens with zero attached hydrogens (tertiary/aromatic N) is 1. The quantitative estimate of drug-likeness (QED) is 0.203. The summed E-state index contributed by atoms with van der Waals surface area (Å²) in [6.07, 6.45) is 1.34. The Morgan fingerprint density at radius 2 is 1.73 bits per heavy atom. The van der Waals surface area contributed by atoms with Crippen molar-refractivity contribution in [2.75, 3.05) is 0 Å². The number of carboxylic acid groups (broad SMARTS) is 1. The van der Waals surface area contributed by atoms with Crippen LogP contribution in [0.1, 0.15) is 40.9 Å². The molecule has 0 aliphatic carbocycles. The van der Waals surface area contributed by atoms with Crippen LogP contribution in [0.4, 0.5) is 0 Å². The first-order valence-corrected chi connectivity index (χ1v) is 12.2. The number of carbonyl (C=O) groups excluding carboxylic acids is 2. The zero-order valence-corrected chi connectivity index (χ0v) is 22.1. The molecule has 0 fully saturated rings. The zero-order chi connectivity index (χ0) is 27.1. The highest BCUT2D eigenvalue weighted by atomic mass is 79.9. The molecule has 3 aromatic carbocycles. The number of phenols is 1. The largest absolute Gasteiger partial charge is 0.508 e. The summed E-state index contributed by atoms with van der Waals surface area (Å²) in [5.41, 5.74) is 2.09. The normalized spacial score (nSPS) is 11.9. The third-order valence-electron chi connectivity index (χ3n) is 5.22. The number of carbonyl (C=O) groups is 3. The Kier molecular flexibility index (Phi) is 9.19. The second-order valence-electron chi connectivity index (χ2n) is 8.66. The number of aryl methyl sites for hydroxylation is 1. The molecule has 3 aromatic rings. The number of aliphatic imine (C=N–C) groups is 1. The molecule has 0 bridgehead atoms. The SMILES string of the molecule is Cc1cccc(C(=O)Oc2cc(Br)cc(C=NC(Cc3ccc(O)cc3)C(=O)O)c2OC(=O)C(C)C)c1. The van der Waals surface area contributed by atoms with Gasteiger partial charge in [0, 0.05) is 22.7 Å². The molecule has 0 saturated heterocycles. The standard InChI is InChI=1S/C28H26BrNO7/c1-16(2)27(34)37-25-20(15-30-23(26(32)33)12-18-7-9-22(31)10-8-18)13-21(29)14-24(25)36-28(35)19-6-4-5-17(3)11-19/h4-11,13-16,23,31H,12H2,1-3H3,(H,32,33). The van der Waals surface area contributed by atoms with Crippen molar-refractivity contribution in [3.8, 4) is 17.2 Å². The molecule has 0 radical (unpaired) electrons. The van der Waals surface area contributed by atoms with Crippen molar-refractivity contribution in [2.24, 2.45) is 10.9 Å². The number of esters is 2. The molecule has 8 nitrogen and oxygen atoms in total. The Bertz CT molecular complexity index is 1330. The van der Waals surface area contributed by atoms with Crippen LogP contribution >= 0.6 is 15.9 Å². The van der Waals surface area contributed by atoms with E-state index < -0.39 is 29.9 Å². The predicted molar refractivity (Wildman–Crippen MR) is 142 cm³/mol. The Hall–Kier alpha value is -3.98. The molecule has 3 rings (SSSR count). The minimum Gasteiger partial charge on any atom is -0.508 e. The van der Waals surface area contributed by atoms with Gasteiger partial charge in [-0.1, -0.05) is 59.6 Å². The molecule has 0 spiro atoms. The molecule has 37 heavy (non-hydrogen) atoms. The Balaban J connectivity index is 1.99. The van der Waals surface area contributed by atoms with E-state index >= 15 is 0 Å². The second kappa shape index (κ2) is 12.3. The number of aromatic hydroxyl groups is 1. The third kappa shape index (κ3) is 7.75. The number of aliphatic carboxylic acids is 1. The van der Waals surface area contributed by atoms with E-state index in [1.165, 1.54) is 24.4 Å². The van der Waals surface area contributed by atoms with Crippen molar-refractivity contribution in [1.29, 1.82) is 0 Å². The highest BCUT2D eigenvalue weighted by molar-refractivity contribution is 9.10. The van der Waals surface area contributed by atoms with E-state index in [0.29, 0.717) is 15.6 Å². The van der Waals surface area contributed by atoms with Crippen molar-refractivity contribution >= 4 is 40.1 Å². The summed E-state index contributed by atoms with van der Waals surface area (Å²) >= 11 is 3.36. The average Bonchev–Trinajstić information content (AvgIpc) is 2.84. The van der Waals surface area contributed by atoms with Gasteiger partial charge in [-0.3, -0.25) is 9.79 Å². The smallest absolute Gasteiger partial charge is 0.343 e. The molecule has 2 N–H and O–H groups in total. The summed E-state index contributed by atoms with van der Waals surface area (Å²) < 4.78 is 11.7. The maximum absolute atomic E-state index is 12.8. The van der Waals surface area contributed by atoms with Crippen molar-refractivity contribution < 1.29 is 34.1 Å². The second-order valence-corrected chi connectivity index (χ2v) is 9.58. The summed E-state index contributed by atoms with van der Waals surface area (Å²) in [5.74, 6) is -2.87. The van der Waals surface area contributed by atoms with Crippen molar-refractivity contribution in [3.63, 3.8) is 0 Å². The zero-order valence-electron chi connectivity index (χ0n) is 20.5. The van der Waals surface area contributed by atoms with Gasteiger partial charge in [0.1, 0.15) is 5.75 Å². The molecule has 0 heterocycles. The lowest BCUT2D eigenvalue weighted by atomic mass is 10.1. The summed E-state index contributed by atoms with van der Waals surface area (Å²) in [5, 5.41) is 19.2. The lowest BCUT2D eigenvalue weighted by molar-refractivity contribution is -0.139. The van der Waals surface area contributed by atoms with Crippen LogP contribution < -0.4 is 9.47 Å². The minimum absolute atomic E-state index is 0.0262. The number of phenolic OH excluding ortho intramolecular Hbond substituents is 1. The molecule has 1 unspecified atom stereocenters. The molecule has 0 aromatic heterocycles. The van der Waals surface area contributed by atoms with Gasteiger partial charge in [0.2, 0.25) is 0 Å². The van der Waals surface area contributed by atoms with Crippen molar-refractivity contribution in [3.05, 3.63) is 87.4 Å². The molecule has 9 heteroatoms. The van der Waals surface area contributed by atoms with Crippen LogP contribution in [-0.2, 0) is 16.0 Å². The van der Waals surface area contributed by atoms with Crippen molar-refractivity contribution in [1.82, 2.24) is 0 Å². The minimum atomic E-state index is -1.16. The molecule has 0 saturated carbocycles. The van der Waals surface area contributed by atoms with Gasteiger partial charge in [-0.2, -0.15) is 0 Å². The molecule has 0 aliphatic rings. The fraction of sp³-hybridized carbons (Fsp3) is 0.214. The summed E-state index contributed by atoms with van der Waals surface area (Å²) in [6, 6.07) is 14.9. The van der Waals surface area contributed by atoms with E-state index in [1.807, 2.05) is 13.0 Å². The maximum atomic E-state index is 12.8. The van der Waals surface area contributed by atoms with Gasteiger partial charge in [-0.15, -0.1) is 0 Å². The van der Waals surface area contributed by atoms with Gasteiger partial charge in [0.25, 0.3) is 0 Å². The van der Waals surface area contributed by atoms with Crippen molar-refractivity contribution in [2.45, 2.75) is 33.2 Å². The van der Waals surface area contributed by atoms with Gasteiger partial charge in [0.15, 0.2) is 17.5 Å². The van der Waals surface area contributed by atoms with Gasteiger partial charge in [-0.25, -0.2) is 9.59 Å². The lowest BCUT2D eigenvalue weighted by Gasteiger charge is -2.15. The van der Waals surface area contributed by atoms with Crippen LogP contribution in [-0.4, -0.2) is 40.4 Å². The van der Waals surface area contributed by atoms with E-state index in [2.05, 4.69) is 20.9 Å². The van der Waals surface area contributed by atoms with Crippen LogP contribution in [0.15, 0.2) is 70.1 Å². The summed E-state index contributed by atoms with van der Waals surface area (Å²) in [6.45, 7) is 5.16. The first kappa shape index (κ1) is 27.6. The Morgan fingerprint density at radius 1 is 1.03 bits per heavy atom. The number of halogens is 1. The van der Waals surface area contributed by atoms with Gasteiger partial charge >= 0.3 is 17.9 Å². The fourth-order valence-electron chi connectivity index (χ4n) is 3.25. The first-order valence-electron chi connectivity index (χ1n) is 11.4. The number of benzene rings is 3. The summed E-state index contributed by atoms with van der Waals surface area (Å²) in [7, 11) is 0. The average molecular weight is 568 g/mol. The van der Waals surface area contributed by atoms with E-state index in [1.54, 1.807) is 50.2 Å². The highest BCUT2D eigenvalue weighted by Crippen LogP contribution is 2.35. The van der Waals surface area contributed by atoms with Crippen LogP contribution in [0.3, 0.4) is 0 Å². The number of rotatable bonds is 9. The molecule has 192 valence electrons. The molecule has 0 amide bonds. The Morgan fingerprint density at radius 3 is 2.35 bits per heavy atom. The Labute approximate surface area is 222 Å². The van der Waals surface area contributed by atoms with Crippen LogP contribution in [0.5, 0.6) is 17.2 Å². The molecule has 1 atom stereocenters. The van der Waals surface area contributed by atoms with Crippen LogP contribution in [0.2, 0.25) is 0 Å². The van der Waals surface area contributed by atoms with Gasteiger partial charge < -0.3 is 19.7 Å². The van der Waals surface area contributed by atoms with E-state index in [9.17, 15) is 24.6 Å².